The smallest absolute Gasteiger partial charge is 0.224 e. The van der Waals surface area contributed by atoms with Crippen LogP contribution in [0.2, 0.25) is 4.34 Å². The third kappa shape index (κ3) is 6.28. The van der Waals surface area contributed by atoms with Crippen molar-refractivity contribution in [1.82, 2.24) is 10.2 Å². The van der Waals surface area contributed by atoms with Crippen LogP contribution in [0.3, 0.4) is 0 Å². The fraction of sp³-hybridized carbons (Fsp3) is 0.421. The summed E-state index contributed by atoms with van der Waals surface area (Å²) in [5, 5.41) is 2.89. The van der Waals surface area contributed by atoms with Crippen LogP contribution in [0.25, 0.3) is 0 Å². The van der Waals surface area contributed by atoms with Gasteiger partial charge in [0, 0.05) is 37.3 Å². The topological polar surface area (TPSA) is 75.7 Å². The molecule has 0 saturated carbocycles. The monoisotopic (exact) mass is 442 g/mol. The SMILES string of the molecule is CS(=O)(=O)c1cccc(CC(=O)NCC2CN(Cc3ccc(Cl)s3)CCO2)c1. The molecule has 1 aliphatic rings. The number of thiophene rings is 1. The Bertz CT molecular complexity index is 930. The first-order valence-electron chi connectivity index (χ1n) is 8.93. The summed E-state index contributed by atoms with van der Waals surface area (Å²) in [6, 6.07) is 10.4. The summed E-state index contributed by atoms with van der Waals surface area (Å²) in [4.78, 5) is 16.0. The Morgan fingerprint density at radius 3 is 2.89 bits per heavy atom. The van der Waals surface area contributed by atoms with Crippen LogP contribution in [-0.2, 0) is 32.3 Å². The van der Waals surface area contributed by atoms with Gasteiger partial charge in [-0.15, -0.1) is 11.3 Å². The number of amides is 1. The molecule has 1 aromatic heterocycles. The Morgan fingerprint density at radius 1 is 1.36 bits per heavy atom. The summed E-state index contributed by atoms with van der Waals surface area (Å²) in [5.74, 6) is -0.156. The average molecular weight is 443 g/mol. The van der Waals surface area contributed by atoms with Gasteiger partial charge in [0.2, 0.25) is 5.91 Å². The number of carbonyl (C=O) groups excluding carboxylic acids is 1. The molecule has 3 rings (SSSR count). The molecule has 0 bridgehead atoms. The van der Waals surface area contributed by atoms with Crippen LogP contribution in [0, 0.1) is 0 Å². The molecule has 6 nitrogen and oxygen atoms in total. The first-order valence-corrected chi connectivity index (χ1v) is 12.0. The molecular weight excluding hydrogens is 420 g/mol. The van der Waals surface area contributed by atoms with Crippen molar-refractivity contribution in [1.29, 1.82) is 0 Å². The Balaban J connectivity index is 1.47. The molecule has 0 spiro atoms. The lowest BCUT2D eigenvalue weighted by Crippen LogP contribution is -2.47. The van der Waals surface area contributed by atoms with Crippen molar-refractivity contribution in [3.05, 3.63) is 51.2 Å². The van der Waals surface area contributed by atoms with E-state index in [1.165, 1.54) is 10.9 Å². The van der Waals surface area contributed by atoms with Gasteiger partial charge in [-0.25, -0.2) is 8.42 Å². The first kappa shape index (κ1) is 21.3. The zero-order valence-corrected chi connectivity index (χ0v) is 17.9. The number of rotatable bonds is 7. The van der Waals surface area contributed by atoms with Crippen LogP contribution in [0.5, 0.6) is 0 Å². The van der Waals surface area contributed by atoms with Crippen molar-refractivity contribution >= 4 is 38.7 Å². The highest BCUT2D eigenvalue weighted by molar-refractivity contribution is 7.90. The molecule has 1 aliphatic heterocycles. The lowest BCUT2D eigenvalue weighted by Gasteiger charge is -2.32. The molecule has 28 heavy (non-hydrogen) atoms. The van der Waals surface area contributed by atoms with Crippen molar-refractivity contribution in [2.45, 2.75) is 24.0 Å². The Hall–Kier alpha value is -1.45. The maximum atomic E-state index is 12.2. The van der Waals surface area contributed by atoms with E-state index in [4.69, 9.17) is 16.3 Å². The van der Waals surface area contributed by atoms with Crippen LogP contribution < -0.4 is 5.32 Å². The predicted molar refractivity (Wildman–Crippen MR) is 111 cm³/mol. The second-order valence-corrected chi connectivity index (χ2v) is 10.6. The van der Waals surface area contributed by atoms with Crippen molar-refractivity contribution in [2.75, 3.05) is 32.5 Å². The van der Waals surface area contributed by atoms with Crippen molar-refractivity contribution in [3.63, 3.8) is 0 Å². The second-order valence-electron chi connectivity index (χ2n) is 6.83. The van der Waals surface area contributed by atoms with E-state index in [0.29, 0.717) is 18.7 Å². The molecule has 1 saturated heterocycles. The summed E-state index contributed by atoms with van der Waals surface area (Å²) in [6.07, 6.45) is 1.21. The molecule has 1 N–H and O–H groups in total. The number of nitrogens with zero attached hydrogens (tertiary/aromatic N) is 1. The quantitative estimate of drug-likeness (QED) is 0.712. The second kappa shape index (κ2) is 9.37. The third-order valence-electron chi connectivity index (χ3n) is 4.45. The Morgan fingerprint density at radius 2 is 2.18 bits per heavy atom. The van der Waals surface area contributed by atoms with Crippen molar-refractivity contribution in [2.24, 2.45) is 0 Å². The zero-order chi connectivity index (χ0) is 20.1. The van der Waals surface area contributed by atoms with E-state index in [2.05, 4.69) is 10.2 Å². The maximum absolute atomic E-state index is 12.2. The van der Waals surface area contributed by atoms with Crippen LogP contribution >= 0.6 is 22.9 Å². The molecule has 1 amide bonds. The fourth-order valence-electron chi connectivity index (χ4n) is 3.07. The highest BCUT2D eigenvalue weighted by Crippen LogP contribution is 2.23. The highest BCUT2D eigenvalue weighted by Gasteiger charge is 2.21. The van der Waals surface area contributed by atoms with Gasteiger partial charge in [-0.2, -0.15) is 0 Å². The van der Waals surface area contributed by atoms with Crippen molar-refractivity contribution in [3.8, 4) is 0 Å². The van der Waals surface area contributed by atoms with E-state index in [1.54, 1.807) is 29.5 Å². The number of benzene rings is 1. The summed E-state index contributed by atoms with van der Waals surface area (Å²) in [6.45, 7) is 3.45. The number of hydrogen-bond donors (Lipinski definition) is 1. The summed E-state index contributed by atoms with van der Waals surface area (Å²) in [7, 11) is -3.29. The van der Waals surface area contributed by atoms with E-state index in [1.807, 2.05) is 12.1 Å². The van der Waals surface area contributed by atoms with Crippen LogP contribution in [-0.4, -0.2) is 57.8 Å². The predicted octanol–water partition coefficient (Wildman–Crippen LogP) is 2.36. The number of morpholine rings is 1. The third-order valence-corrected chi connectivity index (χ3v) is 6.78. The van der Waals surface area contributed by atoms with Gasteiger partial charge in [0.1, 0.15) is 0 Å². The first-order chi connectivity index (χ1) is 13.3. The molecule has 152 valence electrons. The minimum absolute atomic E-state index is 0.0736. The fourth-order valence-corrected chi connectivity index (χ4v) is 4.89. The number of nitrogens with one attached hydrogen (secondary N) is 1. The number of halogens is 1. The average Bonchev–Trinajstić information content (AvgIpc) is 3.04. The molecule has 0 radical (unpaired) electrons. The zero-order valence-electron chi connectivity index (χ0n) is 15.6. The molecule has 1 aromatic carbocycles. The highest BCUT2D eigenvalue weighted by atomic mass is 35.5. The molecule has 1 fully saturated rings. The summed E-state index contributed by atoms with van der Waals surface area (Å²) >= 11 is 7.56. The largest absolute Gasteiger partial charge is 0.374 e. The lowest BCUT2D eigenvalue weighted by atomic mass is 10.1. The van der Waals surface area contributed by atoms with E-state index in [9.17, 15) is 13.2 Å². The molecule has 1 atom stereocenters. The summed E-state index contributed by atoms with van der Waals surface area (Å²) in [5.41, 5.74) is 0.668. The van der Waals surface area contributed by atoms with Gasteiger partial charge in [-0.3, -0.25) is 9.69 Å². The van der Waals surface area contributed by atoms with Gasteiger partial charge in [-0.1, -0.05) is 23.7 Å². The van der Waals surface area contributed by atoms with Gasteiger partial charge in [0.05, 0.1) is 28.4 Å². The van der Waals surface area contributed by atoms with Crippen LogP contribution in [0.1, 0.15) is 10.4 Å². The molecule has 1 unspecified atom stereocenters. The van der Waals surface area contributed by atoms with Gasteiger partial charge in [0.15, 0.2) is 9.84 Å². The lowest BCUT2D eigenvalue weighted by molar-refractivity contribution is -0.121. The number of carbonyl (C=O) groups is 1. The normalized spacial score (nSPS) is 18.1. The van der Waals surface area contributed by atoms with Crippen molar-refractivity contribution < 1.29 is 17.9 Å². The minimum atomic E-state index is -3.29. The van der Waals surface area contributed by atoms with Crippen LogP contribution in [0.15, 0.2) is 41.3 Å². The maximum Gasteiger partial charge on any atom is 0.224 e. The van der Waals surface area contributed by atoms with E-state index in [-0.39, 0.29) is 23.3 Å². The van der Waals surface area contributed by atoms with E-state index in [0.717, 1.165) is 30.2 Å². The number of hydrogen-bond acceptors (Lipinski definition) is 6. The standard InChI is InChI=1S/C19H23ClN2O4S2/c1-28(24,25)17-4-2-3-14(9-17)10-19(23)21-11-15-12-22(7-8-26-15)13-16-5-6-18(20)27-16/h2-6,9,15H,7-8,10-13H2,1H3,(H,21,23). The molecule has 2 heterocycles. The van der Waals surface area contributed by atoms with E-state index >= 15 is 0 Å². The van der Waals surface area contributed by atoms with Gasteiger partial charge in [0.25, 0.3) is 0 Å². The number of sulfone groups is 1. The van der Waals surface area contributed by atoms with Gasteiger partial charge in [-0.05, 0) is 29.8 Å². The molecule has 2 aromatic rings. The summed E-state index contributed by atoms with van der Waals surface area (Å²) < 4.78 is 29.8. The minimum Gasteiger partial charge on any atom is -0.374 e. The number of ether oxygens (including phenoxy) is 1. The molecular formula is C19H23ClN2O4S2. The van der Waals surface area contributed by atoms with Crippen LogP contribution in [0.4, 0.5) is 0 Å². The Labute approximate surface area is 174 Å². The van der Waals surface area contributed by atoms with Gasteiger partial charge >= 0.3 is 0 Å². The van der Waals surface area contributed by atoms with Gasteiger partial charge < -0.3 is 10.1 Å². The Kier molecular flexibility index (Phi) is 7.11. The molecule has 0 aliphatic carbocycles. The van der Waals surface area contributed by atoms with E-state index < -0.39 is 9.84 Å². The molecule has 9 heteroatoms.